The fraction of sp³-hybridized carbons (Fsp3) is 0.429. The van der Waals surface area contributed by atoms with Crippen molar-refractivity contribution in [2.24, 2.45) is 5.73 Å². The number of aromatic nitrogens is 2. The molecule has 5 nitrogen and oxygen atoms in total. The fourth-order valence-corrected chi connectivity index (χ4v) is 2.28. The first-order valence-electron chi connectivity index (χ1n) is 6.70. The first kappa shape index (κ1) is 13.4. The second-order valence-corrected chi connectivity index (χ2v) is 5.28. The molecule has 1 aliphatic rings. The predicted octanol–water partition coefficient (Wildman–Crippen LogP) is 2.68. The number of hydrogen-bond donors (Lipinski definition) is 1. The third-order valence-electron chi connectivity index (χ3n) is 3.23. The minimum Gasteiger partial charge on any atom is -0.482 e. The summed E-state index contributed by atoms with van der Waals surface area (Å²) in [6.45, 7) is 0.768. The maximum atomic E-state index is 6.16. The van der Waals surface area contributed by atoms with E-state index >= 15 is 0 Å². The Morgan fingerprint density at radius 2 is 2.25 bits per heavy atom. The van der Waals surface area contributed by atoms with Gasteiger partial charge in [0.2, 0.25) is 0 Å². The molecule has 0 spiro atoms. The van der Waals surface area contributed by atoms with Crippen LogP contribution in [0.3, 0.4) is 0 Å². The van der Waals surface area contributed by atoms with Crippen LogP contribution in [0.4, 0.5) is 0 Å². The molecule has 0 unspecified atom stereocenters. The monoisotopic (exact) mass is 293 g/mol. The molecular weight excluding hydrogens is 278 g/mol. The zero-order chi connectivity index (χ0) is 13.9. The Kier molecular flexibility index (Phi) is 3.89. The van der Waals surface area contributed by atoms with E-state index in [4.69, 9.17) is 26.6 Å². The molecular formula is C14H16ClN3O2. The van der Waals surface area contributed by atoms with Crippen molar-refractivity contribution in [1.82, 2.24) is 10.1 Å². The average molecular weight is 294 g/mol. The number of benzene rings is 1. The van der Waals surface area contributed by atoms with Gasteiger partial charge in [0, 0.05) is 5.92 Å². The second-order valence-electron chi connectivity index (χ2n) is 4.88. The minimum absolute atomic E-state index is 0.223. The maximum Gasteiger partial charge on any atom is 0.264 e. The molecule has 0 aliphatic heterocycles. The molecule has 1 heterocycles. The highest BCUT2D eigenvalue weighted by atomic mass is 35.5. The summed E-state index contributed by atoms with van der Waals surface area (Å²) in [6.07, 6.45) is 3.00. The standard InChI is InChI=1S/C14H16ClN3O2/c15-11-3-1-2-9(6-7-16)13(11)19-8-12-17-14(18-20-12)10-4-5-10/h1-3,10H,4-8,16H2. The first-order chi connectivity index (χ1) is 9.78. The van der Waals surface area contributed by atoms with Gasteiger partial charge in [-0.25, -0.2) is 0 Å². The Bertz CT molecular complexity index is 596. The summed E-state index contributed by atoms with van der Waals surface area (Å²) in [5, 5.41) is 4.52. The minimum atomic E-state index is 0.223. The first-order valence-corrected chi connectivity index (χ1v) is 7.08. The van der Waals surface area contributed by atoms with Gasteiger partial charge in [-0.2, -0.15) is 4.98 Å². The molecule has 0 radical (unpaired) electrons. The molecule has 1 aromatic heterocycles. The summed E-state index contributed by atoms with van der Waals surface area (Å²) in [5.74, 6) is 2.38. The van der Waals surface area contributed by atoms with Gasteiger partial charge in [-0.1, -0.05) is 28.9 Å². The van der Waals surface area contributed by atoms with Crippen molar-refractivity contribution >= 4 is 11.6 Å². The van der Waals surface area contributed by atoms with E-state index in [0.717, 1.165) is 24.2 Å². The molecule has 20 heavy (non-hydrogen) atoms. The number of halogens is 1. The Morgan fingerprint density at radius 1 is 1.40 bits per heavy atom. The molecule has 2 N–H and O–H groups in total. The van der Waals surface area contributed by atoms with Crippen molar-refractivity contribution in [1.29, 1.82) is 0 Å². The van der Waals surface area contributed by atoms with E-state index in [1.807, 2.05) is 12.1 Å². The normalized spacial score (nSPS) is 14.5. The Hall–Kier alpha value is -1.59. The van der Waals surface area contributed by atoms with Crippen LogP contribution in [0, 0.1) is 0 Å². The van der Waals surface area contributed by atoms with Crippen LogP contribution >= 0.6 is 11.6 Å². The number of ether oxygens (including phenoxy) is 1. The van der Waals surface area contributed by atoms with Gasteiger partial charge in [0.1, 0.15) is 5.75 Å². The van der Waals surface area contributed by atoms with Gasteiger partial charge in [-0.05, 0) is 37.4 Å². The van der Waals surface area contributed by atoms with Crippen LogP contribution in [0.2, 0.25) is 5.02 Å². The molecule has 2 aromatic rings. The van der Waals surface area contributed by atoms with Crippen molar-refractivity contribution in [3.05, 3.63) is 40.5 Å². The molecule has 1 fully saturated rings. The largest absolute Gasteiger partial charge is 0.482 e. The van der Waals surface area contributed by atoms with Gasteiger partial charge >= 0.3 is 0 Å². The second kappa shape index (κ2) is 5.81. The van der Waals surface area contributed by atoms with Crippen molar-refractivity contribution in [2.75, 3.05) is 6.54 Å². The lowest BCUT2D eigenvalue weighted by atomic mass is 10.1. The number of rotatable bonds is 6. The molecule has 0 atom stereocenters. The van der Waals surface area contributed by atoms with Gasteiger partial charge in [-0.15, -0.1) is 0 Å². The summed E-state index contributed by atoms with van der Waals surface area (Å²) in [5.41, 5.74) is 6.58. The van der Waals surface area contributed by atoms with Gasteiger partial charge in [0.05, 0.1) is 5.02 Å². The molecule has 6 heteroatoms. The molecule has 0 bridgehead atoms. The van der Waals surface area contributed by atoms with Crippen LogP contribution in [-0.4, -0.2) is 16.7 Å². The fourth-order valence-electron chi connectivity index (χ4n) is 2.04. The maximum absolute atomic E-state index is 6.16. The summed E-state index contributed by atoms with van der Waals surface area (Å²) in [7, 11) is 0. The third kappa shape index (κ3) is 2.94. The number of nitrogens with zero attached hydrogens (tertiary/aromatic N) is 2. The Balaban J connectivity index is 1.70. The summed E-state index contributed by atoms with van der Waals surface area (Å²) in [4.78, 5) is 4.32. The zero-order valence-electron chi connectivity index (χ0n) is 11.0. The SMILES string of the molecule is NCCc1cccc(Cl)c1OCc1nc(C2CC2)no1. The lowest BCUT2D eigenvalue weighted by Gasteiger charge is -2.11. The average Bonchev–Trinajstić information content (AvgIpc) is 3.18. The zero-order valence-corrected chi connectivity index (χ0v) is 11.8. The highest BCUT2D eigenvalue weighted by Gasteiger charge is 2.28. The molecule has 3 rings (SSSR count). The Morgan fingerprint density at radius 3 is 3.00 bits per heavy atom. The quantitative estimate of drug-likeness (QED) is 0.886. The van der Waals surface area contributed by atoms with Crippen molar-refractivity contribution in [3.63, 3.8) is 0 Å². The molecule has 1 aliphatic carbocycles. The Labute approximate surface area is 122 Å². The van der Waals surface area contributed by atoms with Crippen LogP contribution in [0.25, 0.3) is 0 Å². The third-order valence-corrected chi connectivity index (χ3v) is 3.53. The van der Waals surface area contributed by atoms with Crippen molar-refractivity contribution < 1.29 is 9.26 Å². The molecule has 106 valence electrons. The number of para-hydroxylation sites is 1. The lowest BCUT2D eigenvalue weighted by molar-refractivity contribution is 0.241. The highest BCUT2D eigenvalue weighted by Crippen LogP contribution is 2.38. The predicted molar refractivity (Wildman–Crippen MR) is 74.8 cm³/mol. The van der Waals surface area contributed by atoms with E-state index in [1.165, 1.54) is 0 Å². The van der Waals surface area contributed by atoms with E-state index < -0.39 is 0 Å². The van der Waals surface area contributed by atoms with Crippen LogP contribution in [0.15, 0.2) is 22.7 Å². The van der Waals surface area contributed by atoms with E-state index in [-0.39, 0.29) is 6.61 Å². The van der Waals surface area contributed by atoms with Gasteiger partial charge in [-0.3, -0.25) is 0 Å². The van der Waals surface area contributed by atoms with Gasteiger partial charge in [0.25, 0.3) is 5.89 Å². The molecule has 1 aromatic carbocycles. The van der Waals surface area contributed by atoms with Gasteiger partial charge in [0.15, 0.2) is 12.4 Å². The summed E-state index contributed by atoms with van der Waals surface area (Å²) < 4.78 is 10.9. The molecule has 1 saturated carbocycles. The number of hydrogen-bond acceptors (Lipinski definition) is 5. The van der Waals surface area contributed by atoms with Crippen LogP contribution < -0.4 is 10.5 Å². The van der Waals surface area contributed by atoms with Crippen LogP contribution in [0.5, 0.6) is 5.75 Å². The number of nitrogens with two attached hydrogens (primary N) is 1. The van der Waals surface area contributed by atoms with Crippen LogP contribution in [0.1, 0.15) is 36.0 Å². The van der Waals surface area contributed by atoms with E-state index in [1.54, 1.807) is 6.07 Å². The topological polar surface area (TPSA) is 74.2 Å². The molecule has 0 saturated heterocycles. The van der Waals surface area contributed by atoms with Gasteiger partial charge < -0.3 is 15.0 Å². The lowest BCUT2D eigenvalue weighted by Crippen LogP contribution is -2.06. The van der Waals surface area contributed by atoms with Crippen LogP contribution in [-0.2, 0) is 13.0 Å². The van der Waals surface area contributed by atoms with E-state index in [9.17, 15) is 0 Å². The van der Waals surface area contributed by atoms with Crippen molar-refractivity contribution in [3.8, 4) is 5.75 Å². The van der Waals surface area contributed by atoms with E-state index in [2.05, 4.69) is 10.1 Å². The van der Waals surface area contributed by atoms with E-state index in [0.29, 0.717) is 35.5 Å². The summed E-state index contributed by atoms with van der Waals surface area (Å²) >= 11 is 6.16. The summed E-state index contributed by atoms with van der Waals surface area (Å²) in [6, 6.07) is 5.63. The molecule has 0 amide bonds. The van der Waals surface area contributed by atoms with Crippen molar-refractivity contribution in [2.45, 2.75) is 31.8 Å². The smallest absolute Gasteiger partial charge is 0.264 e. The highest BCUT2D eigenvalue weighted by molar-refractivity contribution is 6.32.